The summed E-state index contributed by atoms with van der Waals surface area (Å²) in [6, 6.07) is 17.7. The van der Waals surface area contributed by atoms with Gasteiger partial charge in [-0.3, -0.25) is 4.72 Å². The molecule has 0 heterocycles. The molecule has 0 saturated carbocycles. The zero-order valence-electron chi connectivity index (χ0n) is 9.01. The number of benzene rings is 2. The molecular formula is C13H13NOS. The molecule has 0 aromatic heterocycles. The summed E-state index contributed by atoms with van der Waals surface area (Å²) in [6.07, 6.45) is 0. The lowest BCUT2D eigenvalue weighted by molar-refractivity contribution is 0.471. The van der Waals surface area contributed by atoms with Gasteiger partial charge in [0.2, 0.25) is 0 Å². The van der Waals surface area contributed by atoms with E-state index in [1.54, 1.807) is 11.9 Å². The molecule has 0 amide bonds. The van der Waals surface area contributed by atoms with Crippen molar-refractivity contribution in [3.63, 3.8) is 0 Å². The van der Waals surface area contributed by atoms with Gasteiger partial charge in [-0.1, -0.05) is 30.3 Å². The summed E-state index contributed by atoms with van der Waals surface area (Å²) in [5.41, 5.74) is 0. The van der Waals surface area contributed by atoms with Crippen molar-refractivity contribution >= 4 is 11.9 Å². The van der Waals surface area contributed by atoms with Crippen molar-refractivity contribution in [1.29, 1.82) is 0 Å². The monoisotopic (exact) mass is 231 g/mol. The van der Waals surface area contributed by atoms with Crippen molar-refractivity contribution in [2.45, 2.75) is 4.90 Å². The van der Waals surface area contributed by atoms with E-state index < -0.39 is 0 Å². The van der Waals surface area contributed by atoms with Crippen molar-refractivity contribution < 1.29 is 4.74 Å². The van der Waals surface area contributed by atoms with Crippen molar-refractivity contribution in [2.75, 3.05) is 7.05 Å². The van der Waals surface area contributed by atoms with Crippen LogP contribution in [0.4, 0.5) is 0 Å². The Morgan fingerprint density at radius 3 is 2.38 bits per heavy atom. The summed E-state index contributed by atoms with van der Waals surface area (Å²) in [7, 11) is 1.89. The van der Waals surface area contributed by atoms with Gasteiger partial charge in [-0.05, 0) is 43.3 Å². The van der Waals surface area contributed by atoms with E-state index in [0.29, 0.717) is 0 Å². The Labute approximate surface area is 99.8 Å². The Hall–Kier alpha value is -1.45. The van der Waals surface area contributed by atoms with Crippen LogP contribution in [0.25, 0.3) is 0 Å². The lowest BCUT2D eigenvalue weighted by atomic mass is 10.3. The molecule has 0 spiro atoms. The van der Waals surface area contributed by atoms with Crippen LogP contribution in [-0.4, -0.2) is 7.05 Å². The van der Waals surface area contributed by atoms with Crippen molar-refractivity contribution in [1.82, 2.24) is 4.72 Å². The summed E-state index contributed by atoms with van der Waals surface area (Å²) in [4.78, 5) is 1.08. The van der Waals surface area contributed by atoms with Gasteiger partial charge in [0.1, 0.15) is 11.5 Å². The minimum absolute atomic E-state index is 0.853. The summed E-state index contributed by atoms with van der Waals surface area (Å²) in [5.74, 6) is 1.72. The standard InChI is InChI=1S/C13H13NOS/c1-14-16-13-10-6-5-9-12(13)15-11-7-3-2-4-8-11/h2-10,14H,1H3. The van der Waals surface area contributed by atoms with Gasteiger partial charge in [0.25, 0.3) is 0 Å². The summed E-state index contributed by atoms with van der Waals surface area (Å²) < 4.78 is 8.85. The Bertz CT molecular complexity index is 445. The van der Waals surface area contributed by atoms with Crippen LogP contribution in [0.5, 0.6) is 11.5 Å². The average Bonchev–Trinajstić information content (AvgIpc) is 2.33. The Morgan fingerprint density at radius 2 is 1.62 bits per heavy atom. The van der Waals surface area contributed by atoms with E-state index in [-0.39, 0.29) is 0 Å². The first-order valence-corrected chi connectivity index (χ1v) is 5.87. The highest BCUT2D eigenvalue weighted by atomic mass is 32.2. The number of ether oxygens (including phenoxy) is 1. The van der Waals surface area contributed by atoms with Crippen molar-refractivity contribution in [2.24, 2.45) is 0 Å². The zero-order chi connectivity index (χ0) is 11.2. The minimum Gasteiger partial charge on any atom is -0.456 e. The highest BCUT2D eigenvalue weighted by Gasteiger charge is 2.03. The molecule has 0 aliphatic heterocycles. The van der Waals surface area contributed by atoms with Crippen LogP contribution in [0.3, 0.4) is 0 Å². The van der Waals surface area contributed by atoms with Gasteiger partial charge in [0.05, 0.1) is 4.90 Å². The Morgan fingerprint density at radius 1 is 0.938 bits per heavy atom. The topological polar surface area (TPSA) is 21.3 Å². The quantitative estimate of drug-likeness (QED) is 0.811. The maximum absolute atomic E-state index is 5.80. The largest absolute Gasteiger partial charge is 0.456 e. The normalized spacial score (nSPS) is 10.1. The molecule has 3 heteroatoms. The van der Waals surface area contributed by atoms with Crippen LogP contribution in [0.2, 0.25) is 0 Å². The third kappa shape index (κ3) is 2.78. The fourth-order valence-corrected chi connectivity index (χ4v) is 1.92. The minimum atomic E-state index is 0.853. The number of para-hydroxylation sites is 2. The lowest BCUT2D eigenvalue weighted by Gasteiger charge is -2.09. The molecule has 0 aliphatic rings. The van der Waals surface area contributed by atoms with Crippen LogP contribution in [0.1, 0.15) is 0 Å². The molecule has 82 valence electrons. The van der Waals surface area contributed by atoms with Gasteiger partial charge < -0.3 is 4.74 Å². The molecule has 0 aliphatic carbocycles. The molecule has 2 nitrogen and oxygen atoms in total. The van der Waals surface area contributed by atoms with Crippen LogP contribution >= 0.6 is 11.9 Å². The molecular weight excluding hydrogens is 218 g/mol. The van der Waals surface area contributed by atoms with E-state index in [1.165, 1.54) is 0 Å². The van der Waals surface area contributed by atoms with Crippen molar-refractivity contribution in [3.05, 3.63) is 54.6 Å². The summed E-state index contributed by atoms with van der Waals surface area (Å²) >= 11 is 1.55. The molecule has 0 saturated heterocycles. The second-order valence-corrected chi connectivity index (χ2v) is 4.22. The SMILES string of the molecule is CNSc1ccccc1Oc1ccccc1. The second-order valence-electron chi connectivity index (χ2n) is 3.17. The van der Waals surface area contributed by atoms with E-state index in [1.807, 2.05) is 61.6 Å². The van der Waals surface area contributed by atoms with E-state index in [0.717, 1.165) is 16.4 Å². The van der Waals surface area contributed by atoms with Crippen LogP contribution in [0, 0.1) is 0 Å². The number of hydrogen-bond acceptors (Lipinski definition) is 3. The Kier molecular flexibility index (Phi) is 3.86. The van der Waals surface area contributed by atoms with Crippen LogP contribution in [0.15, 0.2) is 59.5 Å². The zero-order valence-corrected chi connectivity index (χ0v) is 9.83. The first-order chi connectivity index (χ1) is 7.90. The molecule has 0 fully saturated rings. The lowest BCUT2D eigenvalue weighted by Crippen LogP contribution is -1.93. The fourth-order valence-electron chi connectivity index (χ4n) is 1.34. The predicted octanol–water partition coefficient (Wildman–Crippen LogP) is 3.71. The highest BCUT2D eigenvalue weighted by Crippen LogP contribution is 2.30. The average molecular weight is 231 g/mol. The Balaban J connectivity index is 2.21. The highest BCUT2D eigenvalue weighted by molar-refractivity contribution is 7.97. The van der Waals surface area contributed by atoms with Gasteiger partial charge in [-0.15, -0.1) is 0 Å². The van der Waals surface area contributed by atoms with E-state index in [4.69, 9.17) is 4.74 Å². The number of rotatable bonds is 4. The first kappa shape index (κ1) is 11.0. The molecule has 0 unspecified atom stereocenters. The molecule has 16 heavy (non-hydrogen) atoms. The number of hydrogen-bond donors (Lipinski definition) is 1. The predicted molar refractivity (Wildman–Crippen MR) is 67.9 cm³/mol. The van der Waals surface area contributed by atoms with E-state index >= 15 is 0 Å². The van der Waals surface area contributed by atoms with E-state index in [2.05, 4.69) is 4.72 Å². The first-order valence-electron chi connectivity index (χ1n) is 5.05. The van der Waals surface area contributed by atoms with Crippen molar-refractivity contribution in [3.8, 4) is 11.5 Å². The van der Waals surface area contributed by atoms with Gasteiger partial charge in [-0.25, -0.2) is 0 Å². The second kappa shape index (κ2) is 5.58. The smallest absolute Gasteiger partial charge is 0.142 e. The third-order valence-corrected chi connectivity index (χ3v) is 2.79. The maximum Gasteiger partial charge on any atom is 0.142 e. The van der Waals surface area contributed by atoms with Gasteiger partial charge >= 0.3 is 0 Å². The number of nitrogens with one attached hydrogen (secondary N) is 1. The molecule has 0 atom stereocenters. The van der Waals surface area contributed by atoms with Crippen LogP contribution < -0.4 is 9.46 Å². The molecule has 2 aromatic rings. The van der Waals surface area contributed by atoms with E-state index in [9.17, 15) is 0 Å². The molecule has 2 rings (SSSR count). The molecule has 1 N–H and O–H groups in total. The summed E-state index contributed by atoms with van der Waals surface area (Å²) in [5, 5.41) is 0. The van der Waals surface area contributed by atoms with Gasteiger partial charge in [-0.2, -0.15) is 0 Å². The van der Waals surface area contributed by atoms with Gasteiger partial charge in [0, 0.05) is 0 Å². The maximum atomic E-state index is 5.80. The molecule has 0 radical (unpaired) electrons. The third-order valence-electron chi connectivity index (χ3n) is 2.03. The molecule has 2 aromatic carbocycles. The summed E-state index contributed by atoms with van der Waals surface area (Å²) in [6.45, 7) is 0. The van der Waals surface area contributed by atoms with Gasteiger partial charge in [0.15, 0.2) is 0 Å². The molecule has 0 bridgehead atoms. The van der Waals surface area contributed by atoms with Crippen LogP contribution in [-0.2, 0) is 0 Å². The fraction of sp³-hybridized carbons (Fsp3) is 0.0769.